The van der Waals surface area contributed by atoms with Crippen LogP contribution in [0.3, 0.4) is 0 Å². The van der Waals surface area contributed by atoms with Crippen LogP contribution in [-0.2, 0) is 6.54 Å². The Labute approximate surface area is 133 Å². The van der Waals surface area contributed by atoms with E-state index in [1.807, 2.05) is 6.07 Å². The number of nitrogens with zero attached hydrogens (tertiary/aromatic N) is 2. The minimum absolute atomic E-state index is 0. The summed E-state index contributed by atoms with van der Waals surface area (Å²) in [4.78, 5) is 0. The van der Waals surface area contributed by atoms with Gasteiger partial charge in [0, 0.05) is 6.54 Å². The van der Waals surface area contributed by atoms with E-state index in [4.69, 9.17) is 39.0 Å². The van der Waals surface area contributed by atoms with E-state index in [9.17, 15) is 0 Å². The van der Waals surface area contributed by atoms with E-state index in [2.05, 4.69) is 10.2 Å². The Morgan fingerprint density at radius 1 is 1.05 bits per heavy atom. The van der Waals surface area contributed by atoms with Crippen LogP contribution >= 0.6 is 35.6 Å². The van der Waals surface area contributed by atoms with Crippen molar-refractivity contribution in [2.75, 3.05) is 0 Å². The molecule has 4 N–H and O–H groups in total. The summed E-state index contributed by atoms with van der Waals surface area (Å²) in [5, 5.41) is 25.2. The summed E-state index contributed by atoms with van der Waals surface area (Å²) in [6, 6.07) is 10.1. The van der Waals surface area contributed by atoms with Crippen LogP contribution in [0.4, 0.5) is 0 Å². The molecule has 1 heterocycles. The summed E-state index contributed by atoms with van der Waals surface area (Å²) in [6.07, 6.45) is 0. The van der Waals surface area contributed by atoms with Gasteiger partial charge in [-0.1, -0.05) is 47.5 Å². The Morgan fingerprint density at radius 2 is 1.60 bits per heavy atom. The van der Waals surface area contributed by atoms with E-state index < -0.39 is 7.12 Å². The summed E-state index contributed by atoms with van der Waals surface area (Å²) in [7, 11) is -1.40. The van der Waals surface area contributed by atoms with Crippen LogP contribution in [0.15, 0.2) is 36.4 Å². The number of benzene rings is 1. The van der Waals surface area contributed by atoms with Crippen LogP contribution in [0.1, 0.15) is 5.56 Å². The Hall–Kier alpha value is -0.885. The zero-order chi connectivity index (χ0) is 14.3. The van der Waals surface area contributed by atoms with Crippen LogP contribution in [0.5, 0.6) is 0 Å². The molecule has 108 valence electrons. The molecule has 0 atom stereocenters. The molecule has 0 aliphatic heterocycles. The maximum Gasteiger partial charge on any atom is 0.488 e. The van der Waals surface area contributed by atoms with E-state index in [0.717, 1.165) is 5.56 Å². The van der Waals surface area contributed by atoms with Gasteiger partial charge < -0.3 is 15.8 Å². The van der Waals surface area contributed by atoms with E-state index in [0.29, 0.717) is 22.3 Å². The second kappa shape index (κ2) is 9.93. The molecule has 0 aliphatic carbocycles. The van der Waals surface area contributed by atoms with Crippen LogP contribution < -0.4 is 11.2 Å². The summed E-state index contributed by atoms with van der Waals surface area (Å²) in [6.45, 7) is 0.417. The van der Waals surface area contributed by atoms with Gasteiger partial charge in [-0.25, -0.2) is 0 Å². The standard InChI is InChI=1S/C7H10BNO2.C4H2Cl2N2.ClH/c9-5-6-2-1-3-7(4-6)8(10)11;5-3-1-2-4(6)8-7-3;/h1-4,10-11H,5,9H2;1-2H;1H. The molecule has 1 aromatic carbocycles. The van der Waals surface area contributed by atoms with Gasteiger partial charge >= 0.3 is 7.12 Å². The molecule has 2 rings (SSSR count). The number of aromatic nitrogens is 2. The fourth-order valence-electron chi connectivity index (χ4n) is 1.18. The molecule has 20 heavy (non-hydrogen) atoms. The van der Waals surface area contributed by atoms with Crippen molar-refractivity contribution in [2.45, 2.75) is 6.54 Å². The molecule has 0 saturated carbocycles. The van der Waals surface area contributed by atoms with Crippen molar-refractivity contribution >= 4 is 48.2 Å². The third-order valence-electron chi connectivity index (χ3n) is 2.08. The van der Waals surface area contributed by atoms with Crippen molar-refractivity contribution in [3.8, 4) is 0 Å². The van der Waals surface area contributed by atoms with Gasteiger partial charge in [-0.05, 0) is 23.2 Å². The third kappa shape index (κ3) is 7.05. The lowest BCUT2D eigenvalue weighted by Gasteiger charge is -2.00. The molecule has 9 heteroatoms. The van der Waals surface area contributed by atoms with Crippen LogP contribution in [0, 0.1) is 0 Å². The molecule has 0 fully saturated rings. The summed E-state index contributed by atoms with van der Waals surface area (Å²) < 4.78 is 0. The zero-order valence-electron chi connectivity index (χ0n) is 10.3. The van der Waals surface area contributed by atoms with Gasteiger partial charge in [0.05, 0.1) is 0 Å². The van der Waals surface area contributed by atoms with Gasteiger partial charge in [-0.15, -0.1) is 22.6 Å². The van der Waals surface area contributed by atoms with Gasteiger partial charge in [0.2, 0.25) is 0 Å². The van der Waals surface area contributed by atoms with Gasteiger partial charge in [0.15, 0.2) is 10.3 Å². The maximum atomic E-state index is 8.76. The van der Waals surface area contributed by atoms with Crippen molar-refractivity contribution in [2.24, 2.45) is 5.73 Å². The Kier molecular flexibility index (Phi) is 9.49. The number of hydrogen-bond acceptors (Lipinski definition) is 5. The Bertz CT molecular complexity index is 494. The minimum atomic E-state index is -1.40. The zero-order valence-corrected chi connectivity index (χ0v) is 12.6. The first-order valence-corrected chi connectivity index (χ1v) is 6.08. The first kappa shape index (κ1) is 19.1. The largest absolute Gasteiger partial charge is 0.488 e. The lowest BCUT2D eigenvalue weighted by atomic mass is 9.80. The molecular formula is C11H13BCl3N3O2. The van der Waals surface area contributed by atoms with Crippen LogP contribution in [-0.4, -0.2) is 27.4 Å². The SMILES string of the molecule is Cl.Clc1ccc(Cl)nn1.NCc1cccc(B(O)O)c1. The topological polar surface area (TPSA) is 92.3 Å². The first-order valence-electron chi connectivity index (χ1n) is 5.32. The molecular weight excluding hydrogens is 323 g/mol. The second-order valence-electron chi connectivity index (χ2n) is 3.50. The number of nitrogens with two attached hydrogens (primary N) is 1. The van der Waals surface area contributed by atoms with Gasteiger partial charge in [0.1, 0.15) is 0 Å². The number of hydrogen-bond donors (Lipinski definition) is 3. The summed E-state index contributed by atoms with van der Waals surface area (Å²) in [5.74, 6) is 0. The van der Waals surface area contributed by atoms with Crippen molar-refractivity contribution in [3.63, 3.8) is 0 Å². The van der Waals surface area contributed by atoms with E-state index in [-0.39, 0.29) is 12.4 Å². The summed E-state index contributed by atoms with van der Waals surface area (Å²) in [5.41, 5.74) is 6.73. The molecule has 0 bridgehead atoms. The average molecular weight is 336 g/mol. The Balaban J connectivity index is 0.000000359. The average Bonchev–Trinajstić information content (AvgIpc) is 2.43. The van der Waals surface area contributed by atoms with Gasteiger partial charge in [0.25, 0.3) is 0 Å². The second-order valence-corrected chi connectivity index (χ2v) is 4.28. The fraction of sp³-hybridized carbons (Fsp3) is 0.0909. The normalized spacial score (nSPS) is 9.05. The van der Waals surface area contributed by atoms with Crippen molar-refractivity contribution < 1.29 is 10.0 Å². The fourth-order valence-corrected chi connectivity index (χ4v) is 1.38. The van der Waals surface area contributed by atoms with Crippen LogP contribution in [0.25, 0.3) is 0 Å². The highest BCUT2D eigenvalue weighted by atomic mass is 35.5. The molecule has 0 aliphatic rings. The predicted molar refractivity (Wildman–Crippen MR) is 83.5 cm³/mol. The molecule has 0 spiro atoms. The molecule has 2 aromatic rings. The number of rotatable bonds is 2. The monoisotopic (exact) mass is 335 g/mol. The van der Waals surface area contributed by atoms with Gasteiger partial charge in [-0.2, -0.15) is 0 Å². The summed E-state index contributed by atoms with van der Waals surface area (Å²) >= 11 is 10.8. The highest BCUT2D eigenvalue weighted by Crippen LogP contribution is 2.05. The number of halogens is 3. The molecule has 0 amide bonds. The highest BCUT2D eigenvalue weighted by molar-refractivity contribution is 6.58. The first-order chi connectivity index (χ1) is 9.02. The Morgan fingerprint density at radius 3 is 2.00 bits per heavy atom. The van der Waals surface area contributed by atoms with Crippen molar-refractivity contribution in [1.29, 1.82) is 0 Å². The lowest BCUT2D eigenvalue weighted by molar-refractivity contribution is 0.425. The molecule has 1 aromatic heterocycles. The van der Waals surface area contributed by atoms with E-state index >= 15 is 0 Å². The molecule has 0 saturated heterocycles. The molecule has 5 nitrogen and oxygen atoms in total. The van der Waals surface area contributed by atoms with Crippen molar-refractivity contribution in [3.05, 3.63) is 52.3 Å². The lowest BCUT2D eigenvalue weighted by Crippen LogP contribution is -2.30. The highest BCUT2D eigenvalue weighted by Gasteiger charge is 2.09. The van der Waals surface area contributed by atoms with Crippen LogP contribution in [0.2, 0.25) is 10.3 Å². The van der Waals surface area contributed by atoms with E-state index in [1.54, 1.807) is 30.3 Å². The molecule has 0 radical (unpaired) electrons. The van der Waals surface area contributed by atoms with Gasteiger partial charge in [-0.3, -0.25) is 0 Å². The maximum absolute atomic E-state index is 8.76. The smallest absolute Gasteiger partial charge is 0.423 e. The van der Waals surface area contributed by atoms with Crippen molar-refractivity contribution in [1.82, 2.24) is 10.2 Å². The predicted octanol–water partition coefficient (Wildman–Crippen LogP) is 1.03. The van der Waals surface area contributed by atoms with E-state index in [1.165, 1.54) is 0 Å². The minimum Gasteiger partial charge on any atom is -0.423 e. The third-order valence-corrected chi connectivity index (χ3v) is 2.49. The molecule has 0 unspecified atom stereocenters. The quantitative estimate of drug-likeness (QED) is 0.713.